The molecule has 0 amide bonds. The van der Waals surface area contributed by atoms with Crippen LogP contribution >= 0.6 is 0 Å². The molecule has 0 spiro atoms. The Labute approximate surface area is 120 Å². The highest BCUT2D eigenvalue weighted by atomic mass is 16.6. The Bertz CT molecular complexity index is 547. The van der Waals surface area contributed by atoms with E-state index in [-0.39, 0.29) is 23.0 Å². The minimum Gasteiger partial charge on any atom is -0.391 e. The van der Waals surface area contributed by atoms with Gasteiger partial charge in [-0.05, 0) is 23.3 Å². The fourth-order valence-corrected chi connectivity index (χ4v) is 3.72. The standard InChI is InChI=1S/C17H21NO2/c1-11-13-9-14(17(13,2)3)16(19)15(11)18-20-10-12-7-5-4-6-8-12/h4-8,11,13-14H,9-10H2,1-3H3/b18-15-/t11-,13-,14+/m1/s1. The van der Waals surface area contributed by atoms with Crippen molar-refractivity contribution < 1.29 is 9.63 Å². The maximum atomic E-state index is 12.4. The van der Waals surface area contributed by atoms with Crippen LogP contribution < -0.4 is 0 Å². The summed E-state index contributed by atoms with van der Waals surface area (Å²) in [5, 5.41) is 4.15. The van der Waals surface area contributed by atoms with Crippen LogP contribution in [-0.4, -0.2) is 11.5 Å². The topological polar surface area (TPSA) is 38.7 Å². The maximum Gasteiger partial charge on any atom is 0.184 e. The van der Waals surface area contributed by atoms with Gasteiger partial charge in [0.2, 0.25) is 0 Å². The lowest BCUT2D eigenvalue weighted by Gasteiger charge is -2.58. The smallest absolute Gasteiger partial charge is 0.184 e. The Hall–Kier alpha value is -1.64. The van der Waals surface area contributed by atoms with Crippen molar-refractivity contribution in [2.24, 2.45) is 28.3 Å². The molecule has 3 atom stereocenters. The van der Waals surface area contributed by atoms with E-state index in [4.69, 9.17) is 4.84 Å². The van der Waals surface area contributed by atoms with Gasteiger partial charge in [0.1, 0.15) is 12.3 Å². The maximum absolute atomic E-state index is 12.4. The molecule has 3 nitrogen and oxygen atoms in total. The number of carbonyl (C=O) groups excluding carboxylic acids is 1. The molecule has 3 aliphatic carbocycles. The van der Waals surface area contributed by atoms with Crippen molar-refractivity contribution in [3.05, 3.63) is 35.9 Å². The normalized spacial score (nSPS) is 32.9. The van der Waals surface area contributed by atoms with Crippen molar-refractivity contribution >= 4 is 11.5 Å². The minimum absolute atomic E-state index is 0.134. The summed E-state index contributed by atoms with van der Waals surface area (Å²) in [6.07, 6.45) is 1.02. The molecule has 3 saturated carbocycles. The van der Waals surface area contributed by atoms with Crippen LogP contribution in [0.5, 0.6) is 0 Å². The molecule has 0 aromatic heterocycles. The summed E-state index contributed by atoms with van der Waals surface area (Å²) in [4.78, 5) is 17.8. The van der Waals surface area contributed by atoms with Crippen molar-refractivity contribution in [3.8, 4) is 0 Å². The van der Waals surface area contributed by atoms with Crippen LogP contribution in [0.4, 0.5) is 0 Å². The monoisotopic (exact) mass is 271 g/mol. The molecular weight excluding hydrogens is 250 g/mol. The zero-order chi connectivity index (χ0) is 14.3. The molecule has 106 valence electrons. The highest BCUT2D eigenvalue weighted by Gasteiger charge is 2.60. The Morgan fingerprint density at radius 1 is 1.30 bits per heavy atom. The van der Waals surface area contributed by atoms with Gasteiger partial charge in [0, 0.05) is 11.8 Å². The second-order valence-electron chi connectivity index (χ2n) is 6.60. The van der Waals surface area contributed by atoms with Gasteiger partial charge >= 0.3 is 0 Å². The molecule has 0 heterocycles. The SMILES string of the molecule is C[C@H]1/C(=N/OCc2ccccc2)C(=O)[C@@H]2C[C@H]1C2(C)C. The van der Waals surface area contributed by atoms with Crippen LogP contribution in [0.1, 0.15) is 32.8 Å². The molecule has 0 saturated heterocycles. The number of hydrogen-bond acceptors (Lipinski definition) is 3. The second kappa shape index (κ2) is 4.72. The van der Waals surface area contributed by atoms with Gasteiger partial charge in [-0.3, -0.25) is 4.79 Å². The summed E-state index contributed by atoms with van der Waals surface area (Å²) in [5.41, 5.74) is 1.84. The van der Waals surface area contributed by atoms with Gasteiger partial charge in [-0.2, -0.15) is 0 Å². The Morgan fingerprint density at radius 3 is 2.60 bits per heavy atom. The number of Topliss-reactive ketones (excluding diaryl/α,β-unsaturated/α-hetero) is 1. The summed E-state index contributed by atoms with van der Waals surface area (Å²) >= 11 is 0. The largest absolute Gasteiger partial charge is 0.391 e. The van der Waals surface area contributed by atoms with Crippen molar-refractivity contribution in [1.82, 2.24) is 0 Å². The average Bonchev–Trinajstić information content (AvgIpc) is 2.42. The van der Waals surface area contributed by atoms with Crippen LogP contribution in [0.15, 0.2) is 35.5 Å². The van der Waals surface area contributed by atoms with E-state index >= 15 is 0 Å². The number of rotatable bonds is 3. The van der Waals surface area contributed by atoms with Crippen molar-refractivity contribution in [2.45, 2.75) is 33.8 Å². The number of fused-ring (bicyclic) bond motifs is 2. The summed E-state index contributed by atoms with van der Waals surface area (Å²) < 4.78 is 0. The van der Waals surface area contributed by atoms with Crippen molar-refractivity contribution in [2.75, 3.05) is 0 Å². The Balaban J connectivity index is 1.69. The molecule has 3 fully saturated rings. The van der Waals surface area contributed by atoms with Gasteiger partial charge in [0.25, 0.3) is 0 Å². The highest BCUT2D eigenvalue weighted by molar-refractivity contribution is 6.42. The number of nitrogens with zero attached hydrogens (tertiary/aromatic N) is 1. The quantitative estimate of drug-likeness (QED) is 0.790. The van der Waals surface area contributed by atoms with E-state index in [2.05, 4.69) is 25.9 Å². The first-order chi connectivity index (χ1) is 9.51. The van der Waals surface area contributed by atoms with Crippen LogP contribution in [0, 0.1) is 23.2 Å². The number of benzene rings is 1. The molecule has 3 heteroatoms. The molecule has 0 unspecified atom stereocenters. The van der Waals surface area contributed by atoms with Crippen LogP contribution in [-0.2, 0) is 16.2 Å². The zero-order valence-corrected chi connectivity index (χ0v) is 12.3. The first-order valence-electron chi connectivity index (χ1n) is 7.30. The van der Waals surface area contributed by atoms with Crippen molar-refractivity contribution in [3.63, 3.8) is 0 Å². The van der Waals surface area contributed by atoms with E-state index in [9.17, 15) is 4.79 Å². The van der Waals surface area contributed by atoms with Gasteiger partial charge in [-0.25, -0.2) is 0 Å². The summed E-state index contributed by atoms with van der Waals surface area (Å²) in [5.74, 6) is 1.10. The molecule has 0 radical (unpaired) electrons. The molecule has 3 aliphatic rings. The first kappa shape index (κ1) is 13.3. The lowest BCUT2D eigenvalue weighted by Crippen LogP contribution is -2.60. The number of carbonyl (C=O) groups is 1. The lowest BCUT2D eigenvalue weighted by molar-refractivity contribution is -0.139. The third-order valence-corrected chi connectivity index (χ3v) is 5.18. The van der Waals surface area contributed by atoms with E-state index in [0.29, 0.717) is 18.2 Å². The summed E-state index contributed by atoms with van der Waals surface area (Å²) in [7, 11) is 0. The Morgan fingerprint density at radius 2 is 2.00 bits per heavy atom. The molecule has 4 rings (SSSR count). The van der Waals surface area contributed by atoms with Gasteiger partial charge in [0.05, 0.1) is 0 Å². The van der Waals surface area contributed by atoms with E-state index in [1.165, 1.54) is 0 Å². The van der Waals surface area contributed by atoms with E-state index in [1.54, 1.807) is 0 Å². The molecule has 2 bridgehead atoms. The lowest BCUT2D eigenvalue weighted by atomic mass is 9.45. The van der Waals surface area contributed by atoms with E-state index in [0.717, 1.165) is 12.0 Å². The van der Waals surface area contributed by atoms with Gasteiger partial charge in [0.15, 0.2) is 5.78 Å². The van der Waals surface area contributed by atoms with E-state index in [1.807, 2.05) is 30.3 Å². The summed E-state index contributed by atoms with van der Waals surface area (Å²) in [6.45, 7) is 6.91. The zero-order valence-electron chi connectivity index (χ0n) is 12.3. The van der Waals surface area contributed by atoms with Crippen LogP contribution in [0.2, 0.25) is 0 Å². The van der Waals surface area contributed by atoms with Gasteiger partial charge in [-0.15, -0.1) is 0 Å². The van der Waals surface area contributed by atoms with Crippen molar-refractivity contribution in [1.29, 1.82) is 0 Å². The number of ketones is 1. The number of hydrogen-bond donors (Lipinski definition) is 0. The molecular formula is C17H21NO2. The molecule has 1 aromatic carbocycles. The summed E-state index contributed by atoms with van der Waals surface area (Å²) in [6, 6.07) is 9.90. The molecule has 0 N–H and O–H groups in total. The fraction of sp³-hybridized carbons (Fsp3) is 0.529. The van der Waals surface area contributed by atoms with Gasteiger partial charge in [-0.1, -0.05) is 56.3 Å². The average molecular weight is 271 g/mol. The molecule has 1 aromatic rings. The highest BCUT2D eigenvalue weighted by Crippen LogP contribution is 2.58. The number of oxime groups is 1. The molecule has 0 aliphatic heterocycles. The second-order valence-corrected chi connectivity index (χ2v) is 6.60. The van der Waals surface area contributed by atoms with Gasteiger partial charge < -0.3 is 4.84 Å². The third-order valence-electron chi connectivity index (χ3n) is 5.18. The first-order valence-corrected chi connectivity index (χ1v) is 7.30. The minimum atomic E-state index is 0.134. The predicted octanol–water partition coefficient (Wildman–Crippen LogP) is 3.44. The molecule has 20 heavy (non-hydrogen) atoms. The van der Waals surface area contributed by atoms with Crippen LogP contribution in [0.25, 0.3) is 0 Å². The fourth-order valence-electron chi connectivity index (χ4n) is 3.72. The third kappa shape index (κ3) is 1.96. The van der Waals surface area contributed by atoms with Crippen LogP contribution in [0.3, 0.4) is 0 Å². The van der Waals surface area contributed by atoms with E-state index < -0.39 is 0 Å². The Kier molecular flexibility index (Phi) is 3.15. The predicted molar refractivity (Wildman–Crippen MR) is 78.2 cm³/mol.